The Balaban J connectivity index is 2.88. The minimum absolute atomic E-state index is 0.0804. The Morgan fingerprint density at radius 3 is 2.71 bits per heavy atom. The number of nitrogens with two attached hydrogens (primary N) is 1. The highest BCUT2D eigenvalue weighted by molar-refractivity contribution is 5.29. The maximum Gasteiger partial charge on any atom is 0.216 e. The van der Waals surface area contributed by atoms with Crippen LogP contribution in [0, 0.1) is 6.92 Å². The zero-order valence-corrected chi connectivity index (χ0v) is 9.08. The summed E-state index contributed by atoms with van der Waals surface area (Å²) >= 11 is 0. The molecule has 1 unspecified atom stereocenters. The van der Waals surface area contributed by atoms with Gasteiger partial charge < -0.3 is 10.5 Å². The first kappa shape index (κ1) is 11.0. The van der Waals surface area contributed by atoms with E-state index < -0.39 is 0 Å². The Hall–Kier alpha value is -1.09. The van der Waals surface area contributed by atoms with Gasteiger partial charge in [-0.05, 0) is 31.9 Å². The first-order chi connectivity index (χ1) is 6.69. The number of aromatic nitrogens is 1. The second-order valence-corrected chi connectivity index (χ2v) is 3.34. The molecule has 1 heterocycles. The monoisotopic (exact) mass is 194 g/mol. The molecule has 0 aromatic carbocycles. The van der Waals surface area contributed by atoms with Crippen molar-refractivity contribution in [3.8, 4) is 5.88 Å². The summed E-state index contributed by atoms with van der Waals surface area (Å²) < 4.78 is 5.35. The van der Waals surface area contributed by atoms with Crippen molar-refractivity contribution in [2.45, 2.75) is 33.2 Å². The first-order valence-electron chi connectivity index (χ1n) is 5.04. The van der Waals surface area contributed by atoms with Crippen LogP contribution in [0.25, 0.3) is 0 Å². The molecule has 0 amide bonds. The lowest BCUT2D eigenvalue weighted by molar-refractivity contribution is 0.324. The Kier molecular flexibility index (Phi) is 3.89. The highest BCUT2D eigenvalue weighted by Crippen LogP contribution is 2.19. The molecule has 0 saturated carbocycles. The molecule has 0 saturated heterocycles. The fourth-order valence-electron chi connectivity index (χ4n) is 1.31. The average Bonchev–Trinajstić information content (AvgIpc) is 2.20. The zero-order chi connectivity index (χ0) is 10.6. The highest BCUT2D eigenvalue weighted by Gasteiger charge is 2.07. The molecule has 1 aromatic rings. The van der Waals surface area contributed by atoms with E-state index >= 15 is 0 Å². The maximum atomic E-state index is 5.91. The van der Waals surface area contributed by atoms with Gasteiger partial charge >= 0.3 is 0 Å². The third-order valence-electron chi connectivity index (χ3n) is 2.20. The summed E-state index contributed by atoms with van der Waals surface area (Å²) in [5.74, 6) is 0.708. The van der Waals surface area contributed by atoms with Crippen LogP contribution in [0.1, 0.15) is 37.4 Å². The van der Waals surface area contributed by atoms with Gasteiger partial charge in [0.15, 0.2) is 0 Å². The first-order valence-corrected chi connectivity index (χ1v) is 5.04. The van der Waals surface area contributed by atoms with Crippen molar-refractivity contribution in [1.29, 1.82) is 0 Å². The molecule has 0 spiro atoms. The molecule has 0 fully saturated rings. The van der Waals surface area contributed by atoms with Crippen LogP contribution in [0.3, 0.4) is 0 Å². The number of nitrogens with zero attached hydrogens (tertiary/aromatic N) is 1. The van der Waals surface area contributed by atoms with E-state index in [2.05, 4.69) is 11.9 Å². The third-order valence-corrected chi connectivity index (χ3v) is 2.20. The number of hydrogen-bond acceptors (Lipinski definition) is 3. The topological polar surface area (TPSA) is 48.1 Å². The van der Waals surface area contributed by atoms with E-state index in [1.807, 2.05) is 19.9 Å². The second-order valence-electron chi connectivity index (χ2n) is 3.34. The number of aryl methyl sites for hydroxylation is 1. The van der Waals surface area contributed by atoms with E-state index in [1.165, 1.54) is 0 Å². The van der Waals surface area contributed by atoms with Gasteiger partial charge in [0.25, 0.3) is 0 Å². The molecule has 2 N–H and O–H groups in total. The highest BCUT2D eigenvalue weighted by atomic mass is 16.5. The lowest BCUT2D eigenvalue weighted by Gasteiger charge is -2.11. The number of pyridine rings is 1. The average molecular weight is 194 g/mol. The molecule has 14 heavy (non-hydrogen) atoms. The molecule has 3 nitrogen and oxygen atoms in total. The SMILES string of the molecule is CCOc1ncc(C(N)CC)cc1C. The molecule has 0 aliphatic heterocycles. The summed E-state index contributed by atoms with van der Waals surface area (Å²) in [6.07, 6.45) is 2.72. The van der Waals surface area contributed by atoms with Gasteiger partial charge in [-0.1, -0.05) is 6.92 Å². The Labute approximate surface area is 85.3 Å². The van der Waals surface area contributed by atoms with Gasteiger partial charge in [-0.25, -0.2) is 4.98 Å². The van der Waals surface area contributed by atoms with Gasteiger partial charge in [0.2, 0.25) is 5.88 Å². The van der Waals surface area contributed by atoms with Crippen LogP contribution in [-0.4, -0.2) is 11.6 Å². The van der Waals surface area contributed by atoms with Crippen molar-refractivity contribution in [3.63, 3.8) is 0 Å². The number of hydrogen-bond donors (Lipinski definition) is 1. The molecule has 3 heteroatoms. The quantitative estimate of drug-likeness (QED) is 0.799. The fourth-order valence-corrected chi connectivity index (χ4v) is 1.31. The molecule has 0 aliphatic carbocycles. The summed E-state index contributed by atoms with van der Waals surface area (Å²) in [6.45, 7) is 6.65. The second kappa shape index (κ2) is 4.96. The van der Waals surface area contributed by atoms with Crippen molar-refractivity contribution < 1.29 is 4.74 Å². The van der Waals surface area contributed by atoms with E-state index in [9.17, 15) is 0 Å². The third kappa shape index (κ3) is 2.45. The van der Waals surface area contributed by atoms with Crippen molar-refractivity contribution in [2.24, 2.45) is 5.73 Å². The Bertz CT molecular complexity index is 299. The van der Waals surface area contributed by atoms with Crippen molar-refractivity contribution in [2.75, 3.05) is 6.61 Å². The lowest BCUT2D eigenvalue weighted by atomic mass is 10.1. The van der Waals surface area contributed by atoms with Gasteiger partial charge in [-0.15, -0.1) is 0 Å². The molecule has 0 bridgehead atoms. The van der Waals surface area contributed by atoms with Crippen molar-refractivity contribution >= 4 is 0 Å². The minimum Gasteiger partial charge on any atom is -0.478 e. The van der Waals surface area contributed by atoms with Crippen LogP contribution < -0.4 is 10.5 Å². The maximum absolute atomic E-state index is 5.91. The van der Waals surface area contributed by atoms with Crippen LogP contribution in [0.5, 0.6) is 5.88 Å². The lowest BCUT2D eigenvalue weighted by Crippen LogP contribution is -2.09. The molecular weight excluding hydrogens is 176 g/mol. The van der Waals surface area contributed by atoms with E-state index in [0.717, 1.165) is 17.5 Å². The van der Waals surface area contributed by atoms with Gasteiger partial charge in [0, 0.05) is 17.8 Å². The van der Waals surface area contributed by atoms with E-state index in [0.29, 0.717) is 12.5 Å². The van der Waals surface area contributed by atoms with Crippen LogP contribution >= 0.6 is 0 Å². The minimum atomic E-state index is 0.0804. The molecule has 1 rings (SSSR count). The Morgan fingerprint density at radius 1 is 1.50 bits per heavy atom. The van der Waals surface area contributed by atoms with Crippen molar-refractivity contribution in [1.82, 2.24) is 4.98 Å². The summed E-state index contributed by atoms with van der Waals surface area (Å²) in [6, 6.07) is 2.13. The standard InChI is InChI=1S/C11H18N2O/c1-4-10(12)9-6-8(3)11(13-7-9)14-5-2/h6-7,10H,4-5,12H2,1-3H3. The van der Waals surface area contributed by atoms with Crippen LogP contribution in [0.4, 0.5) is 0 Å². The molecular formula is C11H18N2O. The van der Waals surface area contributed by atoms with Crippen molar-refractivity contribution in [3.05, 3.63) is 23.4 Å². The summed E-state index contributed by atoms with van der Waals surface area (Å²) in [5.41, 5.74) is 8.03. The molecule has 78 valence electrons. The van der Waals surface area contributed by atoms with Gasteiger partial charge in [-0.2, -0.15) is 0 Å². The molecule has 0 aliphatic rings. The smallest absolute Gasteiger partial charge is 0.216 e. The summed E-state index contributed by atoms with van der Waals surface area (Å²) in [5, 5.41) is 0. The summed E-state index contributed by atoms with van der Waals surface area (Å²) in [4.78, 5) is 4.23. The largest absolute Gasteiger partial charge is 0.478 e. The van der Waals surface area contributed by atoms with E-state index in [1.54, 1.807) is 6.20 Å². The molecule has 0 radical (unpaired) electrons. The zero-order valence-electron chi connectivity index (χ0n) is 9.08. The van der Waals surface area contributed by atoms with Gasteiger partial charge in [0.05, 0.1) is 6.61 Å². The predicted octanol–water partition coefficient (Wildman–Crippen LogP) is 2.20. The molecule has 1 aromatic heterocycles. The normalized spacial score (nSPS) is 12.6. The van der Waals surface area contributed by atoms with Gasteiger partial charge in [-0.3, -0.25) is 0 Å². The van der Waals surface area contributed by atoms with Crippen LogP contribution in [0.2, 0.25) is 0 Å². The number of ether oxygens (including phenoxy) is 1. The molecule has 1 atom stereocenters. The fraction of sp³-hybridized carbons (Fsp3) is 0.545. The summed E-state index contributed by atoms with van der Waals surface area (Å²) in [7, 11) is 0. The van der Waals surface area contributed by atoms with E-state index in [4.69, 9.17) is 10.5 Å². The number of rotatable bonds is 4. The Morgan fingerprint density at radius 2 is 2.21 bits per heavy atom. The predicted molar refractivity (Wildman–Crippen MR) is 57.4 cm³/mol. The van der Waals surface area contributed by atoms with Gasteiger partial charge in [0.1, 0.15) is 0 Å². The van der Waals surface area contributed by atoms with Crippen LogP contribution in [0.15, 0.2) is 12.3 Å². The van der Waals surface area contributed by atoms with Crippen LogP contribution in [-0.2, 0) is 0 Å². The van der Waals surface area contributed by atoms with E-state index in [-0.39, 0.29) is 6.04 Å².